The van der Waals surface area contributed by atoms with E-state index in [-0.39, 0.29) is 0 Å². The van der Waals surface area contributed by atoms with E-state index in [1.165, 1.54) is 0 Å². The lowest BCUT2D eigenvalue weighted by Crippen LogP contribution is -2.67. The summed E-state index contributed by atoms with van der Waals surface area (Å²) in [5.74, 6) is 0. The van der Waals surface area contributed by atoms with E-state index in [0.29, 0.717) is 6.04 Å². The van der Waals surface area contributed by atoms with Crippen LogP contribution in [-0.4, -0.2) is 34.0 Å². The summed E-state index contributed by atoms with van der Waals surface area (Å²) < 4.78 is 2.64. The fourth-order valence-corrected chi connectivity index (χ4v) is 10.2. The SMILES string of the molecule is CC(C)N[Si](C)(C)N(C)[Si](C)(C)C. The van der Waals surface area contributed by atoms with Gasteiger partial charge in [-0.25, -0.2) is 0 Å². The van der Waals surface area contributed by atoms with Gasteiger partial charge in [0.2, 0.25) is 0 Å². The van der Waals surface area contributed by atoms with E-state index < -0.39 is 16.6 Å². The van der Waals surface area contributed by atoms with Gasteiger partial charge in [-0.3, -0.25) is 0 Å². The fraction of sp³-hybridized carbons (Fsp3) is 1.00. The Morgan fingerprint density at radius 3 is 1.62 bits per heavy atom. The normalized spacial score (nSPS) is 14.3. The zero-order chi connectivity index (χ0) is 10.9. The molecule has 0 atom stereocenters. The molecule has 0 saturated carbocycles. The molecule has 0 spiro atoms. The standard InChI is InChI=1S/C9H26N2Si2/c1-9(2)10-13(7,8)11(3)12(4,5)6/h9-10H,1-8H3. The first-order valence-electron chi connectivity index (χ1n) is 5.09. The van der Waals surface area contributed by atoms with Crippen molar-refractivity contribution in [3.8, 4) is 0 Å². The summed E-state index contributed by atoms with van der Waals surface area (Å²) in [6, 6.07) is 0.598. The Bertz CT molecular complexity index is 161. The summed E-state index contributed by atoms with van der Waals surface area (Å²) in [6.07, 6.45) is 0. The van der Waals surface area contributed by atoms with Crippen molar-refractivity contribution in [2.75, 3.05) is 7.05 Å². The van der Waals surface area contributed by atoms with Crippen molar-refractivity contribution in [1.29, 1.82) is 0 Å². The van der Waals surface area contributed by atoms with Gasteiger partial charge < -0.3 is 9.21 Å². The molecule has 0 aromatic carbocycles. The van der Waals surface area contributed by atoms with E-state index in [0.717, 1.165) is 0 Å². The molecule has 0 aromatic rings. The van der Waals surface area contributed by atoms with Gasteiger partial charge in [0.25, 0.3) is 0 Å². The topological polar surface area (TPSA) is 15.3 Å². The van der Waals surface area contributed by atoms with Gasteiger partial charge in [0.15, 0.2) is 8.40 Å². The van der Waals surface area contributed by atoms with Gasteiger partial charge >= 0.3 is 0 Å². The molecular weight excluding hydrogens is 192 g/mol. The van der Waals surface area contributed by atoms with Gasteiger partial charge in [0.1, 0.15) is 8.24 Å². The molecule has 0 fully saturated rings. The summed E-state index contributed by atoms with van der Waals surface area (Å²) in [4.78, 5) is 3.72. The number of hydrogen-bond acceptors (Lipinski definition) is 2. The second kappa shape index (κ2) is 4.25. The van der Waals surface area contributed by atoms with Gasteiger partial charge in [-0.05, 0) is 26.2 Å². The Kier molecular flexibility index (Phi) is 4.37. The molecule has 4 heteroatoms. The molecule has 0 bridgehead atoms. The largest absolute Gasteiger partial charge is 0.337 e. The monoisotopic (exact) mass is 218 g/mol. The van der Waals surface area contributed by atoms with Gasteiger partial charge in [0, 0.05) is 0 Å². The van der Waals surface area contributed by atoms with Crippen molar-refractivity contribution >= 4 is 16.6 Å². The van der Waals surface area contributed by atoms with Crippen molar-refractivity contribution < 1.29 is 0 Å². The van der Waals surface area contributed by atoms with Crippen molar-refractivity contribution in [2.24, 2.45) is 0 Å². The first-order chi connectivity index (χ1) is 5.57. The Morgan fingerprint density at radius 2 is 1.38 bits per heavy atom. The second-order valence-electron chi connectivity index (χ2n) is 5.59. The van der Waals surface area contributed by atoms with Crippen molar-refractivity contribution in [3.63, 3.8) is 0 Å². The molecule has 0 heterocycles. The van der Waals surface area contributed by atoms with Crippen LogP contribution in [0, 0.1) is 0 Å². The average molecular weight is 218 g/mol. The van der Waals surface area contributed by atoms with E-state index >= 15 is 0 Å². The van der Waals surface area contributed by atoms with Gasteiger partial charge in [-0.2, -0.15) is 0 Å². The van der Waals surface area contributed by atoms with Crippen LogP contribution in [0.3, 0.4) is 0 Å². The number of nitrogens with zero attached hydrogens (tertiary/aromatic N) is 1. The van der Waals surface area contributed by atoms with Crippen LogP contribution in [0.15, 0.2) is 0 Å². The molecule has 2 nitrogen and oxygen atoms in total. The van der Waals surface area contributed by atoms with Crippen LogP contribution in [0.4, 0.5) is 0 Å². The lowest BCUT2D eigenvalue weighted by molar-refractivity contribution is 0.648. The predicted octanol–water partition coefficient (Wildman–Crippen LogP) is 2.45. The van der Waals surface area contributed by atoms with Crippen molar-refractivity contribution in [3.05, 3.63) is 0 Å². The molecule has 0 aromatic heterocycles. The van der Waals surface area contributed by atoms with E-state index in [4.69, 9.17) is 0 Å². The maximum Gasteiger partial charge on any atom is 0.191 e. The third kappa shape index (κ3) is 4.40. The Hall–Kier alpha value is 0.354. The molecule has 0 aliphatic heterocycles. The molecule has 0 aliphatic carbocycles. The van der Waals surface area contributed by atoms with Crippen LogP contribution < -0.4 is 4.98 Å². The zero-order valence-corrected chi connectivity index (χ0v) is 12.5. The number of rotatable bonds is 4. The fourth-order valence-electron chi connectivity index (χ4n) is 1.64. The minimum atomic E-state index is -1.36. The molecule has 13 heavy (non-hydrogen) atoms. The Balaban J connectivity index is 4.45. The molecule has 0 unspecified atom stereocenters. The number of nitrogens with one attached hydrogen (secondary N) is 1. The highest BCUT2D eigenvalue weighted by Crippen LogP contribution is 2.15. The zero-order valence-electron chi connectivity index (χ0n) is 10.5. The summed E-state index contributed by atoms with van der Waals surface area (Å²) in [5, 5.41) is 0. The molecule has 0 saturated heterocycles. The lowest BCUT2D eigenvalue weighted by atomic mass is 10.4. The quantitative estimate of drug-likeness (QED) is 0.729. The maximum atomic E-state index is 3.72. The van der Waals surface area contributed by atoms with Crippen molar-refractivity contribution in [2.45, 2.75) is 52.6 Å². The summed E-state index contributed by atoms with van der Waals surface area (Å²) in [6.45, 7) is 16.5. The highest BCUT2D eigenvalue weighted by molar-refractivity contribution is 6.88. The summed E-state index contributed by atoms with van der Waals surface area (Å²) in [7, 11) is -0.205. The lowest BCUT2D eigenvalue weighted by Gasteiger charge is -2.43. The first-order valence-corrected chi connectivity index (χ1v) is 11.5. The van der Waals surface area contributed by atoms with Gasteiger partial charge in [0.05, 0.1) is 0 Å². The minimum absolute atomic E-state index is 0.598. The van der Waals surface area contributed by atoms with Crippen molar-refractivity contribution in [1.82, 2.24) is 9.21 Å². The second-order valence-corrected chi connectivity index (χ2v) is 15.1. The Morgan fingerprint density at radius 1 is 1.00 bits per heavy atom. The molecule has 0 aliphatic rings. The third-order valence-corrected chi connectivity index (χ3v) is 11.1. The van der Waals surface area contributed by atoms with Crippen LogP contribution in [-0.2, 0) is 0 Å². The molecule has 80 valence electrons. The van der Waals surface area contributed by atoms with E-state index in [1.807, 2.05) is 0 Å². The van der Waals surface area contributed by atoms with E-state index in [1.54, 1.807) is 0 Å². The molecule has 1 N–H and O–H groups in total. The van der Waals surface area contributed by atoms with Crippen LogP contribution in [0.1, 0.15) is 13.8 Å². The van der Waals surface area contributed by atoms with Gasteiger partial charge in [-0.15, -0.1) is 0 Å². The third-order valence-electron chi connectivity index (χ3n) is 2.49. The van der Waals surface area contributed by atoms with Crippen LogP contribution in [0.2, 0.25) is 32.7 Å². The molecule has 0 rings (SSSR count). The molecule has 0 radical (unpaired) electrons. The minimum Gasteiger partial charge on any atom is -0.337 e. The molecular formula is C9H26N2Si2. The molecule has 0 amide bonds. The van der Waals surface area contributed by atoms with E-state index in [2.05, 4.69) is 62.8 Å². The van der Waals surface area contributed by atoms with Crippen LogP contribution in [0.25, 0.3) is 0 Å². The highest BCUT2D eigenvalue weighted by atomic mass is 28.4. The maximum absolute atomic E-state index is 3.72. The number of hydrogen-bond donors (Lipinski definition) is 1. The van der Waals surface area contributed by atoms with Crippen LogP contribution >= 0.6 is 0 Å². The van der Waals surface area contributed by atoms with E-state index in [9.17, 15) is 0 Å². The smallest absolute Gasteiger partial charge is 0.191 e. The Labute approximate surface area is 86.0 Å². The summed E-state index contributed by atoms with van der Waals surface area (Å²) in [5.41, 5.74) is 0. The van der Waals surface area contributed by atoms with Gasteiger partial charge in [-0.1, -0.05) is 33.5 Å². The predicted molar refractivity (Wildman–Crippen MR) is 66.9 cm³/mol. The first kappa shape index (κ1) is 13.4. The average Bonchev–Trinajstić information content (AvgIpc) is 1.80. The summed E-state index contributed by atoms with van der Waals surface area (Å²) >= 11 is 0. The van der Waals surface area contributed by atoms with Crippen LogP contribution in [0.5, 0.6) is 0 Å². The highest BCUT2D eigenvalue weighted by Gasteiger charge is 2.35.